The molecule has 5 nitrogen and oxygen atoms in total. The number of H-pyrrole nitrogens is 1. The summed E-state index contributed by atoms with van der Waals surface area (Å²) in [4.78, 5) is 20.2. The molecule has 1 N–H and O–H groups in total. The minimum absolute atomic E-state index is 0.318. The fraction of sp³-hybridized carbons (Fsp3) is 0.500. The molecule has 5 heteroatoms. The summed E-state index contributed by atoms with van der Waals surface area (Å²) in [5.74, 6) is 1.20. The molecule has 4 rings (SSSR count). The maximum atomic E-state index is 12.4. The normalized spacial score (nSPS) is 20.9. The molecule has 0 saturated carbocycles. The number of carbonyl (C=O) groups excluding carboxylic acids is 1. The molecule has 1 saturated heterocycles. The Morgan fingerprint density at radius 3 is 2.93 bits per heavy atom. The van der Waals surface area contributed by atoms with Crippen LogP contribution >= 0.6 is 0 Å². The second-order valence-corrected chi connectivity index (χ2v) is 7.72. The van der Waals surface area contributed by atoms with Gasteiger partial charge in [0.25, 0.3) is 0 Å². The van der Waals surface area contributed by atoms with Crippen LogP contribution in [0.4, 0.5) is 0 Å². The molecule has 0 aliphatic carbocycles. The monoisotopic (exact) mass is 367 g/mol. The molecule has 0 spiro atoms. The summed E-state index contributed by atoms with van der Waals surface area (Å²) in [6, 6.07) is 6.57. The summed E-state index contributed by atoms with van der Waals surface area (Å²) >= 11 is 0. The Morgan fingerprint density at radius 1 is 1.33 bits per heavy atom. The number of aromatic nitrogens is 1. The van der Waals surface area contributed by atoms with E-state index in [0.29, 0.717) is 18.4 Å². The third kappa shape index (κ3) is 3.74. The summed E-state index contributed by atoms with van der Waals surface area (Å²) in [7, 11) is 1.70. The molecule has 0 unspecified atom stereocenters. The number of hydrogen-bond donors (Lipinski definition) is 1. The molecule has 1 aromatic heterocycles. The van der Waals surface area contributed by atoms with Crippen LogP contribution in [-0.2, 0) is 4.79 Å². The van der Waals surface area contributed by atoms with E-state index in [-0.39, 0.29) is 0 Å². The van der Waals surface area contributed by atoms with Crippen LogP contribution in [0, 0.1) is 0 Å². The number of aromatic amines is 1. The molecule has 2 aliphatic heterocycles. The van der Waals surface area contributed by atoms with Crippen molar-refractivity contribution in [2.75, 3.05) is 33.3 Å². The van der Waals surface area contributed by atoms with Gasteiger partial charge in [-0.3, -0.25) is 9.69 Å². The van der Waals surface area contributed by atoms with E-state index in [4.69, 9.17) is 4.74 Å². The molecule has 0 radical (unpaired) electrons. The van der Waals surface area contributed by atoms with Crippen molar-refractivity contribution in [3.63, 3.8) is 0 Å². The van der Waals surface area contributed by atoms with Crippen molar-refractivity contribution < 1.29 is 9.53 Å². The molecule has 1 atom stereocenters. The molecule has 3 heterocycles. The molecule has 2 aliphatic rings. The van der Waals surface area contributed by atoms with Crippen molar-refractivity contribution in [2.24, 2.45) is 0 Å². The Balaban J connectivity index is 1.38. The van der Waals surface area contributed by atoms with Crippen LogP contribution in [0.3, 0.4) is 0 Å². The summed E-state index contributed by atoms with van der Waals surface area (Å²) in [5.41, 5.74) is 3.79. The predicted octanol–water partition coefficient (Wildman–Crippen LogP) is 3.67. The third-order valence-electron chi connectivity index (χ3n) is 6.04. The van der Waals surface area contributed by atoms with Crippen molar-refractivity contribution in [1.82, 2.24) is 14.8 Å². The second kappa shape index (κ2) is 7.77. The Bertz CT molecular complexity index is 854. The van der Waals surface area contributed by atoms with Gasteiger partial charge in [-0.1, -0.05) is 6.08 Å². The van der Waals surface area contributed by atoms with Crippen molar-refractivity contribution in [1.29, 1.82) is 0 Å². The number of carbonyl (C=O) groups is 1. The lowest BCUT2D eigenvalue weighted by Crippen LogP contribution is -2.37. The molecule has 1 amide bonds. The van der Waals surface area contributed by atoms with Gasteiger partial charge in [0.15, 0.2) is 0 Å². The number of rotatable bonds is 5. The fourth-order valence-corrected chi connectivity index (χ4v) is 4.35. The first kappa shape index (κ1) is 18.1. The number of nitrogens with one attached hydrogen (secondary N) is 1. The Morgan fingerprint density at radius 2 is 2.22 bits per heavy atom. The second-order valence-electron chi connectivity index (χ2n) is 7.72. The number of benzene rings is 1. The number of fused-ring (bicyclic) bond motifs is 1. The van der Waals surface area contributed by atoms with Gasteiger partial charge in [0.2, 0.25) is 5.91 Å². The highest BCUT2D eigenvalue weighted by molar-refractivity contribution is 5.93. The van der Waals surface area contributed by atoms with E-state index >= 15 is 0 Å². The summed E-state index contributed by atoms with van der Waals surface area (Å²) in [6.45, 7) is 5.87. The van der Waals surface area contributed by atoms with Crippen molar-refractivity contribution in [3.8, 4) is 5.75 Å². The van der Waals surface area contributed by atoms with Gasteiger partial charge in [0.1, 0.15) is 5.75 Å². The maximum absolute atomic E-state index is 12.4. The zero-order valence-electron chi connectivity index (χ0n) is 16.3. The highest BCUT2D eigenvalue weighted by Gasteiger charge is 2.25. The zero-order chi connectivity index (χ0) is 18.8. The number of likely N-dealkylation sites (tertiary alicyclic amines) is 1. The summed E-state index contributed by atoms with van der Waals surface area (Å²) < 4.78 is 5.38. The largest absolute Gasteiger partial charge is 0.497 e. The van der Waals surface area contributed by atoms with Crippen LogP contribution in [0.2, 0.25) is 0 Å². The lowest BCUT2D eigenvalue weighted by molar-refractivity contribution is -0.132. The molecule has 27 heavy (non-hydrogen) atoms. The van der Waals surface area contributed by atoms with Crippen LogP contribution in [0.5, 0.6) is 5.75 Å². The average Bonchev–Trinajstić information content (AvgIpc) is 3.32. The van der Waals surface area contributed by atoms with Crippen molar-refractivity contribution in [2.45, 2.75) is 38.6 Å². The van der Waals surface area contributed by atoms with Crippen LogP contribution < -0.4 is 4.74 Å². The number of methoxy groups -OCH3 is 1. The van der Waals surface area contributed by atoms with Gasteiger partial charge in [-0.25, -0.2) is 0 Å². The van der Waals surface area contributed by atoms with E-state index in [1.165, 1.54) is 16.5 Å². The van der Waals surface area contributed by atoms with Gasteiger partial charge in [0.05, 0.1) is 7.11 Å². The first-order chi connectivity index (χ1) is 13.2. The van der Waals surface area contributed by atoms with E-state index in [0.717, 1.165) is 56.7 Å². The van der Waals surface area contributed by atoms with Crippen LogP contribution in [-0.4, -0.2) is 60.0 Å². The van der Waals surface area contributed by atoms with Gasteiger partial charge in [-0.15, -0.1) is 0 Å². The molecule has 1 fully saturated rings. The third-order valence-corrected chi connectivity index (χ3v) is 6.04. The first-order valence-corrected chi connectivity index (χ1v) is 10.0. The lowest BCUT2D eigenvalue weighted by atomic mass is 9.98. The van der Waals surface area contributed by atoms with E-state index in [1.807, 2.05) is 6.07 Å². The zero-order valence-corrected chi connectivity index (χ0v) is 16.3. The number of amides is 1. The number of hydrogen-bond acceptors (Lipinski definition) is 3. The number of ether oxygens (including phenoxy) is 1. The van der Waals surface area contributed by atoms with Crippen LogP contribution in [0.25, 0.3) is 16.5 Å². The van der Waals surface area contributed by atoms with Gasteiger partial charge in [-0.05, 0) is 50.0 Å². The van der Waals surface area contributed by atoms with E-state index < -0.39 is 0 Å². The average molecular weight is 367 g/mol. The van der Waals surface area contributed by atoms with Gasteiger partial charge < -0.3 is 14.6 Å². The van der Waals surface area contributed by atoms with E-state index in [9.17, 15) is 4.79 Å². The van der Waals surface area contributed by atoms with Crippen LogP contribution in [0.1, 0.15) is 38.2 Å². The highest BCUT2D eigenvalue weighted by Crippen LogP contribution is 2.31. The molecule has 0 bridgehead atoms. The standard InChI is InChI=1S/C22H29N3O2/c1-16-4-3-10-25(16)22(26)9-13-24-11-7-17(8-12-24)20-15-23-21-6-5-18(27-2)14-19(20)21/h5-7,14-16,23H,3-4,8-13H2,1-2H3/t16-/m1/s1. The summed E-state index contributed by atoms with van der Waals surface area (Å²) in [6.07, 6.45) is 8.36. The SMILES string of the molecule is COc1ccc2[nH]cc(C3=CCN(CCC(=O)N4CCC[C@H]4C)CC3)c2c1. The molecular formula is C22H29N3O2. The lowest BCUT2D eigenvalue weighted by Gasteiger charge is -2.28. The van der Waals surface area contributed by atoms with Crippen LogP contribution in [0.15, 0.2) is 30.5 Å². The molecule has 1 aromatic carbocycles. The molecule has 144 valence electrons. The number of nitrogens with zero attached hydrogens (tertiary/aromatic N) is 2. The summed E-state index contributed by atoms with van der Waals surface area (Å²) in [5, 5.41) is 1.22. The predicted molar refractivity (Wildman–Crippen MR) is 109 cm³/mol. The van der Waals surface area contributed by atoms with Crippen molar-refractivity contribution in [3.05, 3.63) is 36.0 Å². The minimum Gasteiger partial charge on any atom is -0.497 e. The smallest absolute Gasteiger partial charge is 0.224 e. The Kier molecular flexibility index (Phi) is 5.21. The first-order valence-electron chi connectivity index (χ1n) is 10.0. The fourth-order valence-electron chi connectivity index (χ4n) is 4.35. The van der Waals surface area contributed by atoms with Gasteiger partial charge >= 0.3 is 0 Å². The Labute approximate surface area is 161 Å². The van der Waals surface area contributed by atoms with Crippen molar-refractivity contribution >= 4 is 22.4 Å². The highest BCUT2D eigenvalue weighted by atomic mass is 16.5. The van der Waals surface area contributed by atoms with Gasteiger partial charge in [-0.2, -0.15) is 0 Å². The molecule has 2 aromatic rings. The van der Waals surface area contributed by atoms with E-state index in [2.05, 4.69) is 46.1 Å². The quantitative estimate of drug-likeness (QED) is 0.877. The maximum Gasteiger partial charge on any atom is 0.224 e. The molecular weight excluding hydrogens is 338 g/mol. The Hall–Kier alpha value is -2.27. The topological polar surface area (TPSA) is 48.6 Å². The van der Waals surface area contributed by atoms with E-state index in [1.54, 1.807) is 7.11 Å². The van der Waals surface area contributed by atoms with Gasteiger partial charge in [0, 0.05) is 61.3 Å². The minimum atomic E-state index is 0.318.